The van der Waals surface area contributed by atoms with Gasteiger partial charge in [0.15, 0.2) is 0 Å². The number of piperazine rings is 1. The molecule has 0 amide bonds. The minimum Gasteiger partial charge on any atom is -0.314 e. The van der Waals surface area contributed by atoms with Gasteiger partial charge in [0.1, 0.15) is 0 Å². The zero-order valence-electron chi connectivity index (χ0n) is 12.8. The van der Waals surface area contributed by atoms with E-state index in [0.717, 1.165) is 17.8 Å². The SMILES string of the molecule is CC(C)C12CC3CC(C1)CC(N1CCNCC1)(C3)C2. The molecule has 5 fully saturated rings. The van der Waals surface area contributed by atoms with Crippen molar-refractivity contribution in [2.24, 2.45) is 23.2 Å². The summed E-state index contributed by atoms with van der Waals surface area (Å²) in [6.07, 6.45) is 9.23. The van der Waals surface area contributed by atoms with Crippen LogP contribution in [0.5, 0.6) is 0 Å². The lowest BCUT2D eigenvalue weighted by Crippen LogP contribution is -2.66. The summed E-state index contributed by atoms with van der Waals surface area (Å²) in [7, 11) is 0. The van der Waals surface area contributed by atoms with Gasteiger partial charge in [-0.25, -0.2) is 0 Å². The number of hydrogen-bond donors (Lipinski definition) is 1. The molecule has 2 atom stereocenters. The van der Waals surface area contributed by atoms with Gasteiger partial charge in [0, 0.05) is 31.7 Å². The van der Waals surface area contributed by atoms with Crippen LogP contribution in [0.1, 0.15) is 52.4 Å². The zero-order chi connectivity index (χ0) is 13.1. The molecule has 108 valence electrons. The molecule has 1 saturated heterocycles. The molecule has 0 aromatic carbocycles. The normalized spacial score (nSPS) is 50.1. The Morgan fingerprint density at radius 2 is 1.63 bits per heavy atom. The van der Waals surface area contributed by atoms with Gasteiger partial charge in [0.25, 0.3) is 0 Å². The summed E-state index contributed by atoms with van der Waals surface area (Å²) in [4.78, 5) is 2.90. The van der Waals surface area contributed by atoms with Crippen molar-refractivity contribution in [3.05, 3.63) is 0 Å². The van der Waals surface area contributed by atoms with Crippen molar-refractivity contribution in [1.82, 2.24) is 10.2 Å². The van der Waals surface area contributed by atoms with Crippen molar-refractivity contribution in [1.29, 1.82) is 0 Å². The third-order valence-electron chi connectivity index (χ3n) is 7.09. The van der Waals surface area contributed by atoms with Crippen molar-refractivity contribution < 1.29 is 0 Å². The molecule has 19 heavy (non-hydrogen) atoms. The summed E-state index contributed by atoms with van der Waals surface area (Å²) in [5, 5.41) is 3.54. The molecule has 5 rings (SSSR count). The molecular formula is C17H30N2. The van der Waals surface area contributed by atoms with Gasteiger partial charge >= 0.3 is 0 Å². The summed E-state index contributed by atoms with van der Waals surface area (Å²) >= 11 is 0. The Balaban J connectivity index is 1.66. The van der Waals surface area contributed by atoms with E-state index in [-0.39, 0.29) is 0 Å². The first-order chi connectivity index (χ1) is 9.12. The van der Waals surface area contributed by atoms with Gasteiger partial charge in [0.2, 0.25) is 0 Å². The van der Waals surface area contributed by atoms with Gasteiger partial charge < -0.3 is 5.32 Å². The molecular weight excluding hydrogens is 232 g/mol. The summed E-state index contributed by atoms with van der Waals surface area (Å²) in [6.45, 7) is 10.0. The van der Waals surface area contributed by atoms with Crippen LogP contribution in [-0.2, 0) is 0 Å². The summed E-state index contributed by atoms with van der Waals surface area (Å²) in [5.74, 6) is 3.00. The monoisotopic (exact) mass is 262 g/mol. The average molecular weight is 262 g/mol. The van der Waals surface area contributed by atoms with Gasteiger partial charge in [-0.1, -0.05) is 13.8 Å². The molecule has 2 nitrogen and oxygen atoms in total. The fourth-order valence-electron chi connectivity index (χ4n) is 6.47. The van der Waals surface area contributed by atoms with Crippen molar-refractivity contribution in [3.63, 3.8) is 0 Å². The first kappa shape index (κ1) is 12.6. The maximum atomic E-state index is 3.54. The maximum Gasteiger partial charge on any atom is 0.0221 e. The van der Waals surface area contributed by atoms with Crippen LogP contribution in [0.3, 0.4) is 0 Å². The van der Waals surface area contributed by atoms with E-state index in [2.05, 4.69) is 24.1 Å². The van der Waals surface area contributed by atoms with E-state index in [4.69, 9.17) is 0 Å². The third kappa shape index (κ3) is 1.82. The van der Waals surface area contributed by atoms with Crippen LogP contribution in [-0.4, -0.2) is 36.6 Å². The van der Waals surface area contributed by atoms with E-state index in [9.17, 15) is 0 Å². The minimum absolute atomic E-state index is 0.608. The first-order valence-electron chi connectivity index (χ1n) is 8.58. The third-order valence-corrected chi connectivity index (χ3v) is 7.09. The van der Waals surface area contributed by atoms with Crippen molar-refractivity contribution >= 4 is 0 Å². The second-order valence-electron chi connectivity index (χ2n) is 8.44. The highest BCUT2D eigenvalue weighted by atomic mass is 15.3. The maximum absolute atomic E-state index is 3.54. The number of hydrogen-bond acceptors (Lipinski definition) is 2. The molecule has 4 aliphatic carbocycles. The van der Waals surface area contributed by atoms with E-state index in [0.29, 0.717) is 11.0 Å². The Bertz CT molecular complexity index is 342. The molecule has 1 aliphatic heterocycles. The first-order valence-corrected chi connectivity index (χ1v) is 8.58. The average Bonchev–Trinajstić information content (AvgIpc) is 2.38. The molecule has 1 heterocycles. The molecule has 0 radical (unpaired) electrons. The molecule has 4 saturated carbocycles. The van der Waals surface area contributed by atoms with E-state index in [1.807, 2.05) is 0 Å². The van der Waals surface area contributed by atoms with Gasteiger partial charge in [-0.3, -0.25) is 4.90 Å². The Hall–Kier alpha value is -0.0800. The molecule has 0 aromatic heterocycles. The van der Waals surface area contributed by atoms with Crippen molar-refractivity contribution in [3.8, 4) is 0 Å². The minimum atomic E-state index is 0.608. The molecule has 1 N–H and O–H groups in total. The quantitative estimate of drug-likeness (QED) is 0.823. The fraction of sp³-hybridized carbons (Fsp3) is 1.00. The van der Waals surface area contributed by atoms with Gasteiger partial charge in [-0.05, 0) is 61.7 Å². The van der Waals surface area contributed by atoms with Crippen LogP contribution in [0.15, 0.2) is 0 Å². The zero-order valence-corrected chi connectivity index (χ0v) is 12.8. The van der Waals surface area contributed by atoms with E-state index < -0.39 is 0 Å². The van der Waals surface area contributed by atoms with Gasteiger partial charge in [-0.2, -0.15) is 0 Å². The smallest absolute Gasteiger partial charge is 0.0221 e. The van der Waals surface area contributed by atoms with Crippen LogP contribution in [0.25, 0.3) is 0 Å². The topological polar surface area (TPSA) is 15.3 Å². The van der Waals surface area contributed by atoms with E-state index in [1.165, 1.54) is 45.4 Å². The lowest BCUT2D eigenvalue weighted by atomic mass is 9.44. The number of nitrogens with one attached hydrogen (secondary N) is 1. The Kier molecular flexibility index (Phi) is 2.80. The van der Waals surface area contributed by atoms with Crippen molar-refractivity contribution in [2.45, 2.75) is 57.9 Å². The van der Waals surface area contributed by atoms with Crippen LogP contribution < -0.4 is 5.32 Å². The summed E-state index contributed by atoms with van der Waals surface area (Å²) in [5.41, 5.74) is 1.31. The molecule has 5 aliphatic rings. The highest BCUT2D eigenvalue weighted by Crippen LogP contribution is 2.65. The predicted molar refractivity (Wildman–Crippen MR) is 79.1 cm³/mol. The van der Waals surface area contributed by atoms with Crippen LogP contribution >= 0.6 is 0 Å². The highest BCUT2D eigenvalue weighted by Gasteiger charge is 2.60. The largest absolute Gasteiger partial charge is 0.314 e. The molecule has 4 bridgehead atoms. The van der Waals surface area contributed by atoms with E-state index >= 15 is 0 Å². The summed E-state index contributed by atoms with van der Waals surface area (Å²) in [6, 6.07) is 0. The Labute approximate surface area is 118 Å². The van der Waals surface area contributed by atoms with Gasteiger partial charge in [0.05, 0.1) is 0 Å². The fourth-order valence-corrected chi connectivity index (χ4v) is 6.47. The van der Waals surface area contributed by atoms with Crippen LogP contribution in [0.4, 0.5) is 0 Å². The molecule has 0 aromatic rings. The molecule has 2 unspecified atom stereocenters. The second kappa shape index (κ2) is 4.21. The number of nitrogens with zero attached hydrogens (tertiary/aromatic N) is 1. The standard InChI is InChI=1S/C17H30N2/c1-13(2)16-8-14-7-15(9-16)11-17(10-14,12-16)19-5-3-18-4-6-19/h13-15,18H,3-12H2,1-2H3. The van der Waals surface area contributed by atoms with Crippen LogP contribution in [0, 0.1) is 23.2 Å². The Morgan fingerprint density at radius 3 is 2.21 bits per heavy atom. The highest BCUT2D eigenvalue weighted by molar-refractivity contribution is 5.13. The number of rotatable bonds is 2. The molecule has 2 heteroatoms. The van der Waals surface area contributed by atoms with Crippen LogP contribution in [0.2, 0.25) is 0 Å². The van der Waals surface area contributed by atoms with Crippen molar-refractivity contribution in [2.75, 3.05) is 26.2 Å². The van der Waals surface area contributed by atoms with E-state index in [1.54, 1.807) is 19.3 Å². The lowest BCUT2D eigenvalue weighted by Gasteiger charge is -2.66. The second-order valence-corrected chi connectivity index (χ2v) is 8.44. The summed E-state index contributed by atoms with van der Waals surface area (Å²) < 4.78 is 0. The predicted octanol–water partition coefficient (Wildman–Crippen LogP) is 2.89. The molecule has 0 spiro atoms. The Morgan fingerprint density at radius 1 is 1.00 bits per heavy atom. The lowest BCUT2D eigenvalue weighted by molar-refractivity contribution is -0.151. The van der Waals surface area contributed by atoms with Gasteiger partial charge in [-0.15, -0.1) is 0 Å².